The summed E-state index contributed by atoms with van der Waals surface area (Å²) in [5.74, 6) is -0.462. The number of anilines is 2. The van der Waals surface area contributed by atoms with Crippen molar-refractivity contribution in [1.29, 1.82) is 0 Å². The van der Waals surface area contributed by atoms with E-state index in [2.05, 4.69) is 31.5 Å². The molecule has 2 aromatic carbocycles. The van der Waals surface area contributed by atoms with Crippen LogP contribution in [0.1, 0.15) is 36.9 Å². The first-order valence-electron chi connectivity index (χ1n) is 9.44. The standard InChI is InChI=1S/C23H18BrN3O3S/c1-14-4-7-16(12-19(14)26-22(29)20-3-2-10-30-20)21(28)27-23-25-13-18(31-23)11-15-5-8-17(24)9-6-15/h2-10,12-13H,11H2,1H3,(H,26,29)(H,25,27,28). The molecule has 0 radical (unpaired) electrons. The minimum Gasteiger partial charge on any atom is -0.459 e. The van der Waals surface area contributed by atoms with Crippen LogP contribution in [0.4, 0.5) is 10.8 Å². The Bertz CT molecular complexity index is 1220. The lowest BCUT2D eigenvalue weighted by atomic mass is 10.1. The average Bonchev–Trinajstić information content (AvgIpc) is 3.44. The lowest BCUT2D eigenvalue weighted by Gasteiger charge is -2.09. The summed E-state index contributed by atoms with van der Waals surface area (Å²) in [7, 11) is 0. The van der Waals surface area contributed by atoms with Crippen LogP contribution in [-0.2, 0) is 6.42 Å². The summed E-state index contributed by atoms with van der Waals surface area (Å²) in [6.07, 6.45) is 3.95. The maximum Gasteiger partial charge on any atom is 0.291 e. The molecule has 0 saturated heterocycles. The van der Waals surface area contributed by atoms with Crippen molar-refractivity contribution in [3.63, 3.8) is 0 Å². The summed E-state index contributed by atoms with van der Waals surface area (Å²) in [5, 5.41) is 6.14. The number of hydrogen-bond donors (Lipinski definition) is 2. The Hall–Kier alpha value is -3.23. The predicted octanol–water partition coefficient (Wildman–Crippen LogP) is 5.90. The summed E-state index contributed by atoms with van der Waals surface area (Å²) >= 11 is 4.87. The van der Waals surface area contributed by atoms with Crippen molar-refractivity contribution >= 4 is 49.9 Å². The van der Waals surface area contributed by atoms with Gasteiger partial charge >= 0.3 is 0 Å². The van der Waals surface area contributed by atoms with Crippen molar-refractivity contribution < 1.29 is 14.0 Å². The summed E-state index contributed by atoms with van der Waals surface area (Å²) in [5.41, 5.74) is 2.97. The molecule has 4 rings (SSSR count). The molecular weight excluding hydrogens is 478 g/mol. The minimum atomic E-state index is -0.372. The van der Waals surface area contributed by atoms with E-state index in [1.165, 1.54) is 23.2 Å². The highest BCUT2D eigenvalue weighted by atomic mass is 79.9. The molecule has 0 aliphatic carbocycles. The van der Waals surface area contributed by atoms with Gasteiger partial charge in [0.15, 0.2) is 10.9 Å². The molecule has 2 aromatic heterocycles. The molecule has 0 atom stereocenters. The van der Waals surface area contributed by atoms with Gasteiger partial charge in [0.2, 0.25) is 0 Å². The predicted molar refractivity (Wildman–Crippen MR) is 125 cm³/mol. The molecule has 2 heterocycles. The Kier molecular flexibility index (Phi) is 6.29. The van der Waals surface area contributed by atoms with Crippen LogP contribution in [-0.4, -0.2) is 16.8 Å². The van der Waals surface area contributed by atoms with E-state index in [-0.39, 0.29) is 17.6 Å². The molecule has 0 aliphatic heterocycles. The summed E-state index contributed by atoms with van der Waals surface area (Å²) in [6, 6.07) is 16.5. The normalized spacial score (nSPS) is 10.6. The number of aromatic nitrogens is 1. The maximum absolute atomic E-state index is 12.7. The smallest absolute Gasteiger partial charge is 0.291 e. The number of benzene rings is 2. The number of furan rings is 1. The van der Waals surface area contributed by atoms with Crippen LogP contribution in [0.25, 0.3) is 0 Å². The van der Waals surface area contributed by atoms with Crippen LogP contribution in [0.5, 0.6) is 0 Å². The second-order valence-corrected chi connectivity index (χ2v) is 8.88. The molecule has 8 heteroatoms. The maximum atomic E-state index is 12.7. The van der Waals surface area contributed by atoms with E-state index in [0.29, 0.717) is 16.4 Å². The van der Waals surface area contributed by atoms with Crippen LogP contribution in [0.15, 0.2) is 75.9 Å². The van der Waals surface area contributed by atoms with E-state index in [4.69, 9.17) is 4.42 Å². The van der Waals surface area contributed by atoms with Crippen molar-refractivity contribution in [2.45, 2.75) is 13.3 Å². The van der Waals surface area contributed by atoms with Gasteiger partial charge < -0.3 is 9.73 Å². The first-order chi connectivity index (χ1) is 15.0. The number of thiazole rings is 1. The lowest BCUT2D eigenvalue weighted by Crippen LogP contribution is -2.15. The third-order valence-corrected chi connectivity index (χ3v) is 6.00. The second-order valence-electron chi connectivity index (χ2n) is 6.85. The Morgan fingerprint density at radius 2 is 1.87 bits per heavy atom. The number of carbonyl (C=O) groups excluding carboxylic acids is 2. The number of aryl methyl sites for hydroxylation is 1. The molecule has 0 saturated carbocycles. The molecule has 0 bridgehead atoms. The molecule has 0 fully saturated rings. The van der Waals surface area contributed by atoms with Gasteiger partial charge in [-0.2, -0.15) is 0 Å². The fraction of sp³-hybridized carbons (Fsp3) is 0.0870. The van der Waals surface area contributed by atoms with E-state index in [9.17, 15) is 9.59 Å². The van der Waals surface area contributed by atoms with Gasteiger partial charge in [0, 0.05) is 33.2 Å². The fourth-order valence-electron chi connectivity index (χ4n) is 2.91. The van der Waals surface area contributed by atoms with Gasteiger partial charge in [-0.1, -0.05) is 34.1 Å². The van der Waals surface area contributed by atoms with Crippen LogP contribution < -0.4 is 10.6 Å². The Balaban J connectivity index is 1.43. The number of nitrogens with zero attached hydrogens (tertiary/aromatic N) is 1. The van der Waals surface area contributed by atoms with Gasteiger partial charge in [-0.3, -0.25) is 14.9 Å². The van der Waals surface area contributed by atoms with Gasteiger partial charge in [-0.25, -0.2) is 4.98 Å². The lowest BCUT2D eigenvalue weighted by molar-refractivity contribution is 0.0993. The van der Waals surface area contributed by atoms with Crippen molar-refractivity contribution in [3.05, 3.63) is 98.9 Å². The summed E-state index contributed by atoms with van der Waals surface area (Å²) in [4.78, 5) is 30.3. The quantitative estimate of drug-likeness (QED) is 0.348. The number of nitrogens with one attached hydrogen (secondary N) is 2. The molecule has 6 nitrogen and oxygen atoms in total. The van der Waals surface area contributed by atoms with Crippen molar-refractivity contribution in [1.82, 2.24) is 4.98 Å². The van der Waals surface area contributed by atoms with Gasteiger partial charge in [0.05, 0.1) is 6.26 Å². The average molecular weight is 496 g/mol. The molecule has 0 aliphatic rings. The minimum absolute atomic E-state index is 0.204. The van der Waals surface area contributed by atoms with Crippen molar-refractivity contribution in [2.75, 3.05) is 10.6 Å². The molecule has 0 unspecified atom stereocenters. The molecular formula is C23H18BrN3O3S. The molecule has 0 spiro atoms. The van der Waals surface area contributed by atoms with Gasteiger partial charge in [0.1, 0.15) is 0 Å². The zero-order chi connectivity index (χ0) is 21.8. The number of rotatable bonds is 6. The summed E-state index contributed by atoms with van der Waals surface area (Å²) in [6.45, 7) is 1.86. The number of hydrogen-bond acceptors (Lipinski definition) is 5. The highest BCUT2D eigenvalue weighted by Gasteiger charge is 2.14. The van der Waals surface area contributed by atoms with Crippen LogP contribution in [0.3, 0.4) is 0 Å². The topological polar surface area (TPSA) is 84.2 Å². The zero-order valence-electron chi connectivity index (χ0n) is 16.5. The zero-order valence-corrected chi connectivity index (χ0v) is 18.9. The van der Waals surface area contributed by atoms with E-state index < -0.39 is 0 Å². The Morgan fingerprint density at radius 3 is 2.61 bits per heavy atom. The van der Waals surface area contributed by atoms with E-state index in [0.717, 1.165) is 21.3 Å². The third-order valence-electron chi connectivity index (χ3n) is 4.56. The fourth-order valence-corrected chi connectivity index (χ4v) is 4.02. The Labute approximate surface area is 191 Å². The van der Waals surface area contributed by atoms with Crippen molar-refractivity contribution in [3.8, 4) is 0 Å². The Morgan fingerprint density at radius 1 is 1.06 bits per heavy atom. The van der Waals surface area contributed by atoms with Gasteiger partial charge in [0.25, 0.3) is 11.8 Å². The SMILES string of the molecule is Cc1ccc(C(=O)Nc2ncc(Cc3ccc(Br)cc3)s2)cc1NC(=O)c1ccco1. The highest BCUT2D eigenvalue weighted by molar-refractivity contribution is 9.10. The van der Waals surface area contributed by atoms with Crippen LogP contribution in [0, 0.1) is 6.92 Å². The molecule has 31 heavy (non-hydrogen) atoms. The highest BCUT2D eigenvalue weighted by Crippen LogP contribution is 2.24. The largest absolute Gasteiger partial charge is 0.459 e. The van der Waals surface area contributed by atoms with Gasteiger partial charge in [-0.15, -0.1) is 11.3 Å². The van der Waals surface area contributed by atoms with E-state index in [1.807, 2.05) is 31.2 Å². The van der Waals surface area contributed by atoms with E-state index in [1.54, 1.807) is 36.5 Å². The summed E-state index contributed by atoms with van der Waals surface area (Å²) < 4.78 is 6.15. The number of carbonyl (C=O) groups is 2. The third kappa shape index (κ3) is 5.28. The molecule has 156 valence electrons. The first-order valence-corrected chi connectivity index (χ1v) is 11.0. The number of amides is 2. The van der Waals surface area contributed by atoms with Gasteiger partial charge in [-0.05, 0) is 54.4 Å². The second kappa shape index (κ2) is 9.28. The van der Waals surface area contributed by atoms with Crippen LogP contribution >= 0.6 is 27.3 Å². The molecule has 2 N–H and O–H groups in total. The molecule has 4 aromatic rings. The van der Waals surface area contributed by atoms with Crippen molar-refractivity contribution in [2.24, 2.45) is 0 Å². The number of halogens is 1. The molecule has 2 amide bonds. The monoisotopic (exact) mass is 495 g/mol. The van der Waals surface area contributed by atoms with E-state index >= 15 is 0 Å². The van der Waals surface area contributed by atoms with Crippen LogP contribution in [0.2, 0.25) is 0 Å². The first kappa shape index (κ1) is 21.0.